The fourth-order valence-corrected chi connectivity index (χ4v) is 4.26. The lowest BCUT2D eigenvalue weighted by molar-refractivity contribution is 0.311. The van der Waals surface area contributed by atoms with E-state index in [1.165, 1.54) is 11.3 Å². The molecule has 0 atom stereocenters. The van der Waals surface area contributed by atoms with Crippen LogP contribution in [0.4, 0.5) is 5.69 Å². The van der Waals surface area contributed by atoms with Crippen molar-refractivity contribution in [3.63, 3.8) is 0 Å². The second-order valence-electron chi connectivity index (χ2n) is 5.25. The number of ether oxygens (including phenoxy) is 2. The smallest absolute Gasteiger partial charge is 0.250 e. The summed E-state index contributed by atoms with van der Waals surface area (Å²) in [6, 6.07) is 8.73. The molecule has 3 N–H and O–H groups in total. The number of rotatable bonds is 9. The third-order valence-corrected chi connectivity index (χ3v) is 6.28. The number of sulfonamides is 1. The van der Waals surface area contributed by atoms with Gasteiger partial charge in [-0.2, -0.15) is 0 Å². The highest BCUT2D eigenvalue weighted by Crippen LogP contribution is 2.30. The van der Waals surface area contributed by atoms with Gasteiger partial charge in [0.15, 0.2) is 17.5 Å². The Morgan fingerprint density at radius 3 is 2.67 bits per heavy atom. The van der Waals surface area contributed by atoms with E-state index < -0.39 is 10.0 Å². The molecule has 2 rings (SSSR count). The fourth-order valence-electron chi connectivity index (χ4n) is 2.19. The Labute approximate surface area is 163 Å². The molecule has 148 valence electrons. The van der Waals surface area contributed by atoms with Crippen LogP contribution < -0.4 is 24.8 Å². The van der Waals surface area contributed by atoms with E-state index in [0.29, 0.717) is 34.8 Å². The Hall–Kier alpha value is -2.30. The van der Waals surface area contributed by atoms with Crippen LogP contribution in [0.25, 0.3) is 0 Å². The lowest BCUT2D eigenvalue weighted by Gasteiger charge is -2.15. The number of hydrogen-bond donors (Lipinski definition) is 3. The largest absolute Gasteiger partial charge is 0.493 e. The SMILES string of the molecule is CCOc1cc(NC(=NC)NCCNS(=O)(=O)c2cccs2)ccc1OC. The van der Waals surface area contributed by atoms with Gasteiger partial charge in [0.05, 0.1) is 13.7 Å². The van der Waals surface area contributed by atoms with Crippen LogP contribution in [-0.4, -0.2) is 48.2 Å². The zero-order chi connectivity index (χ0) is 19.7. The molecule has 0 aliphatic carbocycles. The van der Waals surface area contributed by atoms with Crippen molar-refractivity contribution in [3.05, 3.63) is 35.7 Å². The molecule has 10 heteroatoms. The predicted molar refractivity (Wildman–Crippen MR) is 109 cm³/mol. The minimum absolute atomic E-state index is 0.230. The summed E-state index contributed by atoms with van der Waals surface area (Å²) >= 11 is 1.18. The molecule has 0 saturated heterocycles. The lowest BCUT2D eigenvalue weighted by Crippen LogP contribution is -2.37. The van der Waals surface area contributed by atoms with Gasteiger partial charge in [-0.05, 0) is 30.5 Å². The van der Waals surface area contributed by atoms with Gasteiger partial charge < -0.3 is 20.1 Å². The second kappa shape index (κ2) is 10.1. The maximum atomic E-state index is 12.1. The van der Waals surface area contributed by atoms with Crippen LogP contribution in [0.1, 0.15) is 6.92 Å². The van der Waals surface area contributed by atoms with Crippen molar-refractivity contribution in [2.75, 3.05) is 39.2 Å². The fraction of sp³-hybridized carbons (Fsp3) is 0.353. The quantitative estimate of drug-likeness (QED) is 0.331. The molecule has 1 aromatic heterocycles. The zero-order valence-electron chi connectivity index (χ0n) is 15.5. The summed E-state index contributed by atoms with van der Waals surface area (Å²) in [4.78, 5) is 4.13. The molecule has 0 amide bonds. The van der Waals surface area contributed by atoms with Crippen molar-refractivity contribution >= 4 is 33.0 Å². The number of nitrogens with zero attached hydrogens (tertiary/aromatic N) is 1. The molecule has 0 unspecified atom stereocenters. The van der Waals surface area contributed by atoms with Crippen molar-refractivity contribution in [2.45, 2.75) is 11.1 Å². The van der Waals surface area contributed by atoms with E-state index in [-0.39, 0.29) is 6.54 Å². The van der Waals surface area contributed by atoms with Crippen LogP contribution in [0.3, 0.4) is 0 Å². The Morgan fingerprint density at radius 1 is 1.22 bits per heavy atom. The van der Waals surface area contributed by atoms with Crippen LogP contribution in [0.5, 0.6) is 11.5 Å². The molecule has 0 bridgehead atoms. The Kier molecular flexibility index (Phi) is 7.89. The topological polar surface area (TPSA) is 101 Å². The van der Waals surface area contributed by atoms with Crippen molar-refractivity contribution in [2.24, 2.45) is 4.99 Å². The van der Waals surface area contributed by atoms with Crippen LogP contribution >= 0.6 is 11.3 Å². The van der Waals surface area contributed by atoms with E-state index >= 15 is 0 Å². The predicted octanol–water partition coefficient (Wildman–Crippen LogP) is 2.12. The minimum Gasteiger partial charge on any atom is -0.493 e. The van der Waals surface area contributed by atoms with Gasteiger partial charge >= 0.3 is 0 Å². The minimum atomic E-state index is -3.46. The third-order valence-electron chi connectivity index (χ3n) is 3.42. The molecule has 0 aliphatic heterocycles. The van der Waals surface area contributed by atoms with E-state index in [9.17, 15) is 8.42 Å². The summed E-state index contributed by atoms with van der Waals surface area (Å²) < 4.78 is 37.8. The van der Waals surface area contributed by atoms with Gasteiger partial charge in [-0.25, -0.2) is 13.1 Å². The molecule has 0 radical (unpaired) electrons. The number of guanidine groups is 1. The van der Waals surface area contributed by atoms with E-state index in [4.69, 9.17) is 9.47 Å². The highest BCUT2D eigenvalue weighted by Gasteiger charge is 2.14. The summed E-state index contributed by atoms with van der Waals surface area (Å²) in [6.45, 7) is 3.03. The van der Waals surface area contributed by atoms with Gasteiger partial charge in [0.1, 0.15) is 4.21 Å². The molecule has 0 spiro atoms. The first-order valence-electron chi connectivity index (χ1n) is 8.31. The summed E-state index contributed by atoms with van der Waals surface area (Å²) in [5.41, 5.74) is 0.770. The molecule has 8 nitrogen and oxygen atoms in total. The van der Waals surface area contributed by atoms with Crippen molar-refractivity contribution in [1.82, 2.24) is 10.0 Å². The summed E-state index contributed by atoms with van der Waals surface area (Å²) in [7, 11) is -0.239. The molecule has 2 aromatic rings. The first kappa shape index (κ1) is 21.0. The van der Waals surface area contributed by atoms with Gasteiger partial charge in [-0.1, -0.05) is 6.07 Å². The standard InChI is InChI=1S/C17H24N4O4S2/c1-4-25-15-12-13(7-8-14(15)24-3)21-17(18-2)19-9-10-20-27(22,23)16-6-5-11-26-16/h5-8,11-12,20H,4,9-10H2,1-3H3,(H2,18,19,21). The van der Waals surface area contributed by atoms with Crippen molar-refractivity contribution < 1.29 is 17.9 Å². The molecule has 0 fully saturated rings. The second-order valence-corrected chi connectivity index (χ2v) is 8.19. The number of hydrogen-bond acceptors (Lipinski definition) is 6. The van der Waals surface area contributed by atoms with Gasteiger partial charge in [-0.3, -0.25) is 4.99 Å². The van der Waals surface area contributed by atoms with Crippen LogP contribution in [-0.2, 0) is 10.0 Å². The summed E-state index contributed by atoms with van der Waals surface area (Å²) in [5, 5.41) is 7.92. The summed E-state index contributed by atoms with van der Waals surface area (Å²) in [6.07, 6.45) is 0. The van der Waals surface area contributed by atoms with Gasteiger partial charge in [-0.15, -0.1) is 11.3 Å². The van der Waals surface area contributed by atoms with E-state index in [0.717, 1.165) is 5.69 Å². The molecule has 1 aromatic carbocycles. The van der Waals surface area contributed by atoms with Gasteiger partial charge in [0.2, 0.25) is 10.0 Å². The summed E-state index contributed by atoms with van der Waals surface area (Å²) in [5.74, 6) is 1.79. The molecule has 0 saturated carbocycles. The molecule has 27 heavy (non-hydrogen) atoms. The Morgan fingerprint density at radius 2 is 2.04 bits per heavy atom. The monoisotopic (exact) mass is 412 g/mol. The Bertz CT molecular complexity index is 852. The van der Waals surface area contributed by atoms with Crippen LogP contribution in [0.2, 0.25) is 0 Å². The van der Waals surface area contributed by atoms with E-state index in [1.54, 1.807) is 37.7 Å². The lowest BCUT2D eigenvalue weighted by atomic mass is 10.2. The van der Waals surface area contributed by atoms with E-state index in [1.807, 2.05) is 19.1 Å². The van der Waals surface area contributed by atoms with Crippen LogP contribution in [0.15, 0.2) is 44.9 Å². The molecular formula is C17H24N4O4S2. The highest BCUT2D eigenvalue weighted by atomic mass is 32.2. The number of thiophene rings is 1. The van der Waals surface area contributed by atoms with Crippen LogP contribution in [0, 0.1) is 0 Å². The normalized spacial score (nSPS) is 11.9. The maximum Gasteiger partial charge on any atom is 0.250 e. The average Bonchev–Trinajstić information content (AvgIpc) is 3.20. The third kappa shape index (κ3) is 6.12. The molecule has 1 heterocycles. The number of methoxy groups -OCH3 is 1. The van der Waals surface area contributed by atoms with Crippen molar-refractivity contribution in [3.8, 4) is 11.5 Å². The van der Waals surface area contributed by atoms with Crippen molar-refractivity contribution in [1.29, 1.82) is 0 Å². The molecular weight excluding hydrogens is 388 g/mol. The number of aliphatic imine (C=N–C) groups is 1. The number of anilines is 1. The maximum absolute atomic E-state index is 12.1. The highest BCUT2D eigenvalue weighted by molar-refractivity contribution is 7.91. The van der Waals surface area contributed by atoms with Gasteiger partial charge in [0.25, 0.3) is 0 Å². The average molecular weight is 413 g/mol. The Balaban J connectivity index is 1.88. The number of benzene rings is 1. The number of nitrogens with one attached hydrogen (secondary N) is 3. The van der Waals surface area contributed by atoms with E-state index in [2.05, 4.69) is 20.3 Å². The van der Waals surface area contributed by atoms with Gasteiger partial charge in [0, 0.05) is 31.9 Å². The first-order chi connectivity index (χ1) is 13.0. The first-order valence-corrected chi connectivity index (χ1v) is 10.7. The molecule has 0 aliphatic rings. The zero-order valence-corrected chi connectivity index (χ0v) is 17.1.